The first-order valence-corrected chi connectivity index (χ1v) is 9.37. The number of carbonyl (C=O) groups is 2. The van der Waals surface area contributed by atoms with Crippen LogP contribution in [0.4, 0.5) is 10.5 Å². The Hall–Kier alpha value is -3.80. The first-order chi connectivity index (χ1) is 14.1. The molecule has 146 valence electrons. The van der Waals surface area contributed by atoms with Crippen LogP contribution in [0.15, 0.2) is 72.8 Å². The molecule has 0 fully saturated rings. The summed E-state index contributed by atoms with van der Waals surface area (Å²) in [4.78, 5) is 24.6. The lowest BCUT2D eigenvalue weighted by Crippen LogP contribution is -2.41. The summed E-state index contributed by atoms with van der Waals surface area (Å²) in [5, 5.41) is 8.32. The highest BCUT2D eigenvalue weighted by atomic mass is 16.5. The number of benzene rings is 3. The van der Waals surface area contributed by atoms with Crippen LogP contribution in [0, 0.1) is 6.92 Å². The van der Waals surface area contributed by atoms with E-state index in [0.717, 1.165) is 16.7 Å². The van der Waals surface area contributed by atoms with Crippen LogP contribution in [0.2, 0.25) is 0 Å². The minimum Gasteiger partial charge on any atom is -0.457 e. The van der Waals surface area contributed by atoms with E-state index in [9.17, 15) is 9.59 Å². The van der Waals surface area contributed by atoms with Crippen LogP contribution in [0.25, 0.3) is 0 Å². The molecule has 0 radical (unpaired) electrons. The smallest absolute Gasteiger partial charge is 0.319 e. The van der Waals surface area contributed by atoms with Crippen LogP contribution >= 0.6 is 0 Å². The van der Waals surface area contributed by atoms with Gasteiger partial charge in [0, 0.05) is 16.8 Å². The summed E-state index contributed by atoms with van der Waals surface area (Å²) < 4.78 is 5.93. The minimum atomic E-state index is -0.432. The standard InChI is InChI=1S/C23H21N3O3/c1-15-7-6-8-16(13-15)25-23(28)24-14-21(27)26-22-17-9-2-4-11-19(17)29-20-12-5-3-10-18(20)22/h2-13,22H,14H2,1H3,(H,26,27)(H2,24,25,28). The van der Waals surface area contributed by atoms with Crippen LogP contribution in [-0.2, 0) is 4.79 Å². The van der Waals surface area contributed by atoms with Gasteiger partial charge in [0.2, 0.25) is 5.91 Å². The second-order valence-corrected chi connectivity index (χ2v) is 6.86. The van der Waals surface area contributed by atoms with Crippen molar-refractivity contribution in [1.82, 2.24) is 10.6 Å². The number of hydrogen-bond acceptors (Lipinski definition) is 3. The van der Waals surface area contributed by atoms with E-state index in [0.29, 0.717) is 17.2 Å². The zero-order valence-electron chi connectivity index (χ0n) is 15.9. The molecular weight excluding hydrogens is 366 g/mol. The molecule has 6 nitrogen and oxygen atoms in total. The predicted octanol–water partition coefficient (Wildman–Crippen LogP) is 4.13. The van der Waals surface area contributed by atoms with Gasteiger partial charge in [0.15, 0.2) is 0 Å². The minimum absolute atomic E-state index is 0.140. The number of aryl methyl sites for hydroxylation is 1. The van der Waals surface area contributed by atoms with Crippen molar-refractivity contribution in [3.05, 3.63) is 89.5 Å². The topological polar surface area (TPSA) is 79.5 Å². The maximum absolute atomic E-state index is 12.5. The Labute approximate surface area is 168 Å². The van der Waals surface area contributed by atoms with E-state index in [1.54, 1.807) is 6.07 Å². The van der Waals surface area contributed by atoms with Gasteiger partial charge >= 0.3 is 6.03 Å². The van der Waals surface area contributed by atoms with E-state index in [1.165, 1.54) is 0 Å². The molecule has 3 aromatic carbocycles. The molecule has 29 heavy (non-hydrogen) atoms. The molecule has 1 aliphatic rings. The van der Waals surface area contributed by atoms with Gasteiger partial charge in [0.05, 0.1) is 12.6 Å². The summed E-state index contributed by atoms with van der Waals surface area (Å²) >= 11 is 0. The molecule has 3 N–H and O–H groups in total. The number of rotatable bonds is 4. The monoisotopic (exact) mass is 387 g/mol. The lowest BCUT2D eigenvalue weighted by atomic mass is 9.94. The average Bonchev–Trinajstić information content (AvgIpc) is 2.72. The number of carbonyl (C=O) groups excluding carboxylic acids is 2. The van der Waals surface area contributed by atoms with Crippen LogP contribution in [0.3, 0.4) is 0 Å². The van der Waals surface area contributed by atoms with Crippen molar-refractivity contribution in [3.8, 4) is 11.5 Å². The number of para-hydroxylation sites is 2. The average molecular weight is 387 g/mol. The second-order valence-electron chi connectivity index (χ2n) is 6.86. The zero-order valence-corrected chi connectivity index (χ0v) is 15.9. The van der Waals surface area contributed by atoms with Crippen molar-refractivity contribution in [2.24, 2.45) is 0 Å². The maximum Gasteiger partial charge on any atom is 0.319 e. The van der Waals surface area contributed by atoms with E-state index in [2.05, 4.69) is 16.0 Å². The number of anilines is 1. The molecule has 4 rings (SSSR count). The summed E-state index contributed by atoms with van der Waals surface area (Å²) in [7, 11) is 0. The molecule has 1 aliphatic heterocycles. The fourth-order valence-electron chi connectivity index (χ4n) is 3.34. The van der Waals surface area contributed by atoms with Crippen molar-refractivity contribution >= 4 is 17.6 Å². The number of nitrogens with one attached hydrogen (secondary N) is 3. The summed E-state index contributed by atoms with van der Waals surface area (Å²) in [6.07, 6.45) is 0. The third-order valence-electron chi connectivity index (χ3n) is 4.67. The molecular formula is C23H21N3O3. The van der Waals surface area contributed by atoms with Crippen molar-refractivity contribution in [2.45, 2.75) is 13.0 Å². The summed E-state index contributed by atoms with van der Waals surface area (Å²) in [5.41, 5.74) is 3.47. The fraction of sp³-hybridized carbons (Fsp3) is 0.130. The van der Waals surface area contributed by atoms with Crippen molar-refractivity contribution in [1.29, 1.82) is 0 Å². The molecule has 0 unspecified atom stereocenters. The summed E-state index contributed by atoms with van der Waals surface area (Å²) in [6.45, 7) is 1.80. The zero-order chi connectivity index (χ0) is 20.2. The Morgan fingerprint density at radius 3 is 2.21 bits per heavy atom. The maximum atomic E-state index is 12.5. The molecule has 1 heterocycles. The molecule has 3 aromatic rings. The van der Waals surface area contributed by atoms with Gasteiger partial charge in [-0.3, -0.25) is 4.79 Å². The van der Waals surface area contributed by atoms with E-state index >= 15 is 0 Å². The van der Waals surface area contributed by atoms with Crippen LogP contribution in [0.5, 0.6) is 11.5 Å². The van der Waals surface area contributed by atoms with Gasteiger partial charge < -0.3 is 20.7 Å². The Morgan fingerprint density at radius 2 is 1.55 bits per heavy atom. The second kappa shape index (κ2) is 8.06. The molecule has 3 amide bonds. The molecule has 0 aliphatic carbocycles. The quantitative estimate of drug-likeness (QED) is 0.630. The summed E-state index contributed by atoms with van der Waals surface area (Å²) in [5.74, 6) is 1.13. The normalized spacial score (nSPS) is 12.2. The lowest BCUT2D eigenvalue weighted by Gasteiger charge is -2.28. The van der Waals surface area contributed by atoms with Crippen LogP contribution in [0.1, 0.15) is 22.7 Å². The Bertz CT molecular complexity index is 1020. The van der Waals surface area contributed by atoms with Gasteiger partial charge in [0.1, 0.15) is 11.5 Å². The number of fused-ring (bicyclic) bond motifs is 2. The molecule has 0 atom stereocenters. The van der Waals surface area contributed by atoms with Crippen LogP contribution in [-0.4, -0.2) is 18.5 Å². The largest absolute Gasteiger partial charge is 0.457 e. The number of urea groups is 1. The van der Waals surface area contributed by atoms with Gasteiger partial charge in [0.25, 0.3) is 0 Å². The van der Waals surface area contributed by atoms with Crippen molar-refractivity contribution in [3.63, 3.8) is 0 Å². The van der Waals surface area contributed by atoms with Crippen molar-refractivity contribution < 1.29 is 14.3 Å². The fourth-order valence-corrected chi connectivity index (χ4v) is 3.34. The molecule has 0 saturated heterocycles. The van der Waals surface area contributed by atoms with Gasteiger partial charge in [-0.2, -0.15) is 0 Å². The lowest BCUT2D eigenvalue weighted by molar-refractivity contribution is -0.120. The van der Waals surface area contributed by atoms with E-state index in [1.807, 2.05) is 73.7 Å². The third-order valence-corrected chi connectivity index (χ3v) is 4.67. The number of hydrogen-bond donors (Lipinski definition) is 3. The van der Waals surface area contributed by atoms with Crippen molar-refractivity contribution in [2.75, 3.05) is 11.9 Å². The molecule has 0 saturated carbocycles. The van der Waals surface area contributed by atoms with Gasteiger partial charge in [-0.15, -0.1) is 0 Å². The SMILES string of the molecule is Cc1cccc(NC(=O)NCC(=O)NC2c3ccccc3Oc3ccccc32)c1. The highest BCUT2D eigenvalue weighted by Crippen LogP contribution is 2.42. The Balaban J connectivity index is 1.42. The van der Waals surface area contributed by atoms with E-state index < -0.39 is 6.03 Å². The highest BCUT2D eigenvalue weighted by Gasteiger charge is 2.28. The van der Waals surface area contributed by atoms with Gasteiger partial charge in [-0.1, -0.05) is 48.5 Å². The highest BCUT2D eigenvalue weighted by molar-refractivity contribution is 5.92. The number of amides is 3. The third kappa shape index (κ3) is 4.21. The summed E-state index contributed by atoms with van der Waals surface area (Å²) in [6, 6.07) is 21.9. The molecule has 0 spiro atoms. The van der Waals surface area contributed by atoms with Crippen LogP contribution < -0.4 is 20.7 Å². The molecule has 0 aromatic heterocycles. The van der Waals surface area contributed by atoms with Gasteiger partial charge in [-0.05, 0) is 36.8 Å². The molecule has 0 bridgehead atoms. The first kappa shape index (κ1) is 18.6. The first-order valence-electron chi connectivity index (χ1n) is 9.37. The van der Waals surface area contributed by atoms with E-state index in [4.69, 9.17) is 4.74 Å². The Morgan fingerprint density at radius 1 is 0.897 bits per heavy atom. The molecule has 6 heteroatoms. The number of ether oxygens (including phenoxy) is 1. The van der Waals surface area contributed by atoms with E-state index in [-0.39, 0.29) is 18.5 Å². The predicted molar refractivity (Wildman–Crippen MR) is 111 cm³/mol. The Kier molecular flexibility index (Phi) is 5.16. The van der Waals surface area contributed by atoms with Gasteiger partial charge in [-0.25, -0.2) is 4.79 Å².